The number of benzene rings is 4. The number of esters is 1. The van der Waals surface area contributed by atoms with Crippen molar-refractivity contribution in [3.63, 3.8) is 0 Å². The summed E-state index contributed by atoms with van der Waals surface area (Å²) in [6.45, 7) is 2.81. The van der Waals surface area contributed by atoms with Gasteiger partial charge in [-0.1, -0.05) is 84.0 Å². The zero-order chi connectivity index (χ0) is 35.0. The van der Waals surface area contributed by atoms with Gasteiger partial charge in [0, 0.05) is 54.5 Å². The summed E-state index contributed by atoms with van der Waals surface area (Å²) in [5.41, 5.74) is 9.60. The summed E-state index contributed by atoms with van der Waals surface area (Å²) in [6.07, 6.45) is 7.32. The number of methoxy groups -OCH3 is 1. The predicted molar refractivity (Wildman–Crippen MR) is 201 cm³/mol. The number of hydrogen-bond acceptors (Lipinski definition) is 7. The number of carbonyl (C=O) groups is 2. The Bertz CT molecular complexity index is 2010. The third-order valence-electron chi connectivity index (χ3n) is 9.35. The van der Waals surface area contributed by atoms with Crippen molar-refractivity contribution in [2.45, 2.75) is 38.2 Å². The molecule has 51 heavy (non-hydrogen) atoms. The molecule has 9 nitrogen and oxygen atoms in total. The van der Waals surface area contributed by atoms with Gasteiger partial charge in [0.15, 0.2) is 0 Å². The van der Waals surface area contributed by atoms with Crippen molar-refractivity contribution in [2.75, 3.05) is 31.6 Å². The fraction of sp³-hybridized carbons (Fsp3) is 0.238. The summed E-state index contributed by atoms with van der Waals surface area (Å²) < 4.78 is 4.81. The van der Waals surface area contributed by atoms with Crippen LogP contribution in [0.2, 0.25) is 0 Å². The molecule has 1 unspecified atom stereocenters. The van der Waals surface area contributed by atoms with Gasteiger partial charge >= 0.3 is 5.97 Å². The van der Waals surface area contributed by atoms with Gasteiger partial charge in [-0.15, -0.1) is 0 Å². The van der Waals surface area contributed by atoms with Gasteiger partial charge in [0.25, 0.3) is 0 Å². The SMILES string of the molecule is COC(=O)C1CC(c2ccc(-c3nc(-c4ccc(N5CCCC5)cc4)[nH]c3-c3ccc(/C=C/C(=O)NCCCc4ccccc4)cc3)cc2)=NO1. The van der Waals surface area contributed by atoms with Gasteiger partial charge in [-0.3, -0.25) is 4.79 Å². The maximum Gasteiger partial charge on any atom is 0.350 e. The highest BCUT2D eigenvalue weighted by Crippen LogP contribution is 2.34. The van der Waals surface area contributed by atoms with Crippen LogP contribution in [0.25, 0.3) is 40.0 Å². The highest BCUT2D eigenvalue weighted by Gasteiger charge is 2.29. The molecule has 1 aromatic heterocycles. The van der Waals surface area contributed by atoms with Crippen molar-refractivity contribution in [2.24, 2.45) is 5.16 Å². The molecular formula is C42H41N5O4. The monoisotopic (exact) mass is 679 g/mol. The van der Waals surface area contributed by atoms with E-state index in [4.69, 9.17) is 14.6 Å². The Kier molecular flexibility index (Phi) is 10.3. The minimum absolute atomic E-state index is 0.109. The number of hydrogen-bond donors (Lipinski definition) is 2. The Morgan fingerprint density at radius 2 is 1.57 bits per heavy atom. The maximum absolute atomic E-state index is 12.5. The molecule has 7 rings (SSSR count). The fourth-order valence-corrected chi connectivity index (χ4v) is 6.50. The number of rotatable bonds is 12. The van der Waals surface area contributed by atoms with Crippen LogP contribution in [0.3, 0.4) is 0 Å². The number of oxime groups is 1. The molecule has 1 amide bonds. The van der Waals surface area contributed by atoms with Crippen molar-refractivity contribution >= 4 is 29.4 Å². The highest BCUT2D eigenvalue weighted by atomic mass is 16.7. The lowest BCUT2D eigenvalue weighted by Crippen LogP contribution is -2.22. The highest BCUT2D eigenvalue weighted by molar-refractivity contribution is 6.04. The first-order valence-corrected chi connectivity index (χ1v) is 17.5. The number of anilines is 1. The number of aromatic nitrogens is 2. The van der Waals surface area contributed by atoms with Gasteiger partial charge in [-0.25, -0.2) is 9.78 Å². The molecule has 5 aromatic rings. The van der Waals surface area contributed by atoms with Crippen molar-refractivity contribution < 1.29 is 19.2 Å². The third kappa shape index (κ3) is 8.10. The summed E-state index contributed by atoms with van der Waals surface area (Å²) in [7, 11) is 1.34. The quantitative estimate of drug-likeness (QED) is 0.0807. The largest absolute Gasteiger partial charge is 0.466 e. The molecule has 0 bridgehead atoms. The summed E-state index contributed by atoms with van der Waals surface area (Å²) in [5.74, 6) is 0.231. The number of aryl methyl sites for hydroxylation is 1. The van der Waals surface area contributed by atoms with Gasteiger partial charge in [0.05, 0.1) is 24.2 Å². The number of amides is 1. The maximum atomic E-state index is 12.5. The lowest BCUT2D eigenvalue weighted by molar-refractivity contribution is -0.152. The molecular weight excluding hydrogens is 638 g/mol. The second-order valence-corrected chi connectivity index (χ2v) is 12.8. The number of imidazole rings is 1. The minimum atomic E-state index is -0.723. The molecule has 0 saturated carbocycles. The first-order chi connectivity index (χ1) is 25.0. The number of nitrogens with one attached hydrogen (secondary N) is 2. The second kappa shape index (κ2) is 15.7. The Morgan fingerprint density at radius 3 is 2.29 bits per heavy atom. The lowest BCUT2D eigenvalue weighted by Gasteiger charge is -2.17. The van der Waals surface area contributed by atoms with E-state index in [-0.39, 0.29) is 5.91 Å². The summed E-state index contributed by atoms with van der Waals surface area (Å²) >= 11 is 0. The molecule has 9 heteroatoms. The summed E-state index contributed by atoms with van der Waals surface area (Å²) in [5, 5.41) is 7.11. The van der Waals surface area contributed by atoms with Crippen LogP contribution in [0, 0.1) is 0 Å². The lowest BCUT2D eigenvalue weighted by atomic mass is 10.00. The summed E-state index contributed by atoms with van der Waals surface area (Å²) in [6, 6.07) is 34.9. The summed E-state index contributed by atoms with van der Waals surface area (Å²) in [4.78, 5) is 40.8. The smallest absolute Gasteiger partial charge is 0.350 e. The zero-order valence-electron chi connectivity index (χ0n) is 28.7. The molecule has 1 atom stereocenters. The molecule has 0 aliphatic carbocycles. The number of aromatic amines is 1. The van der Waals surface area contributed by atoms with E-state index in [1.807, 2.05) is 72.8 Å². The van der Waals surface area contributed by atoms with Crippen LogP contribution in [-0.2, 0) is 25.6 Å². The van der Waals surface area contributed by atoms with Crippen LogP contribution < -0.4 is 10.2 Å². The van der Waals surface area contributed by atoms with Crippen LogP contribution in [-0.4, -0.2) is 60.4 Å². The topological polar surface area (TPSA) is 109 Å². The van der Waals surface area contributed by atoms with Gasteiger partial charge in [0.2, 0.25) is 12.0 Å². The van der Waals surface area contributed by atoms with Gasteiger partial charge < -0.3 is 24.8 Å². The van der Waals surface area contributed by atoms with E-state index in [1.54, 1.807) is 6.08 Å². The molecule has 2 aliphatic rings. The minimum Gasteiger partial charge on any atom is -0.466 e. The van der Waals surface area contributed by atoms with Crippen molar-refractivity contribution in [1.29, 1.82) is 0 Å². The number of carbonyl (C=O) groups excluding carboxylic acids is 2. The van der Waals surface area contributed by atoms with Crippen molar-refractivity contribution in [3.05, 3.63) is 126 Å². The zero-order valence-corrected chi connectivity index (χ0v) is 28.7. The molecule has 1 saturated heterocycles. The molecule has 3 heterocycles. The average molecular weight is 680 g/mol. The fourth-order valence-electron chi connectivity index (χ4n) is 6.50. The van der Waals surface area contributed by atoms with Gasteiger partial charge in [-0.2, -0.15) is 0 Å². The average Bonchev–Trinajstić information content (AvgIpc) is 3.99. The van der Waals surface area contributed by atoms with Crippen molar-refractivity contribution in [3.8, 4) is 33.9 Å². The molecule has 4 aromatic carbocycles. The Balaban J connectivity index is 1.08. The Hall–Kier alpha value is -5.96. The Morgan fingerprint density at radius 1 is 0.882 bits per heavy atom. The van der Waals surface area contributed by atoms with E-state index in [0.29, 0.717) is 18.7 Å². The first-order valence-electron chi connectivity index (χ1n) is 17.5. The van der Waals surface area contributed by atoms with Crippen LogP contribution in [0.5, 0.6) is 0 Å². The number of nitrogens with zero attached hydrogens (tertiary/aromatic N) is 3. The van der Waals surface area contributed by atoms with Crippen LogP contribution >= 0.6 is 0 Å². The Labute approximate surface area is 298 Å². The molecule has 0 spiro atoms. The van der Waals surface area contributed by atoms with E-state index in [1.165, 1.54) is 31.2 Å². The van der Waals surface area contributed by atoms with Crippen LogP contribution in [0.15, 0.2) is 114 Å². The van der Waals surface area contributed by atoms with Crippen LogP contribution in [0.4, 0.5) is 5.69 Å². The van der Waals surface area contributed by atoms with E-state index < -0.39 is 12.1 Å². The molecule has 258 valence electrons. The molecule has 1 fully saturated rings. The van der Waals surface area contributed by atoms with Crippen LogP contribution in [0.1, 0.15) is 42.4 Å². The number of H-pyrrole nitrogens is 1. The van der Waals surface area contributed by atoms with Crippen molar-refractivity contribution in [1.82, 2.24) is 15.3 Å². The van der Waals surface area contributed by atoms with Gasteiger partial charge in [-0.05, 0) is 72.7 Å². The molecule has 2 aliphatic heterocycles. The molecule has 2 N–H and O–H groups in total. The third-order valence-corrected chi connectivity index (χ3v) is 9.35. The number of ether oxygens (including phenoxy) is 1. The predicted octanol–water partition coefficient (Wildman–Crippen LogP) is 7.44. The second-order valence-electron chi connectivity index (χ2n) is 12.8. The van der Waals surface area contributed by atoms with E-state index in [0.717, 1.165) is 71.0 Å². The first kappa shape index (κ1) is 33.5. The van der Waals surface area contributed by atoms with Gasteiger partial charge in [0.1, 0.15) is 5.82 Å². The van der Waals surface area contributed by atoms with E-state index in [9.17, 15) is 9.59 Å². The van der Waals surface area contributed by atoms with E-state index in [2.05, 4.69) is 56.8 Å². The standard InChI is InChI=1S/C42H41N5O4/c1-50-42(49)37-28-36(46-51-37)31-16-18-33(19-17-31)40-39(44-41(45-40)34-20-22-35(23-21-34)47-26-5-6-27-47)32-14-11-30(12-15-32)13-24-38(48)43-25-7-10-29-8-3-2-4-9-29/h2-4,8-9,11-24,37H,5-7,10,25-28H2,1H3,(H,43,48)(H,44,45)/b24-13+. The molecule has 0 radical (unpaired) electrons. The normalized spacial score (nSPS) is 15.5. The van der Waals surface area contributed by atoms with E-state index >= 15 is 0 Å².